The van der Waals surface area contributed by atoms with Crippen LogP contribution in [-0.4, -0.2) is 54.3 Å². The molecule has 94 valence electrons. The molecule has 2 rings (SSSR count). The van der Waals surface area contributed by atoms with Gasteiger partial charge in [0.05, 0.1) is 12.7 Å². The van der Waals surface area contributed by atoms with E-state index in [9.17, 15) is 0 Å². The maximum Gasteiger partial charge on any atom is 0.223 e. The Bertz CT molecular complexity index is 365. The van der Waals surface area contributed by atoms with Crippen LogP contribution in [0.2, 0.25) is 0 Å². The molecule has 1 saturated heterocycles. The molecular formula is C10H18N6O. The van der Waals surface area contributed by atoms with Gasteiger partial charge in [-0.25, -0.2) is 0 Å². The third-order valence-corrected chi connectivity index (χ3v) is 2.62. The number of nitrogens with one attached hydrogen (secondary N) is 1. The van der Waals surface area contributed by atoms with Crippen molar-refractivity contribution in [3.8, 4) is 0 Å². The van der Waals surface area contributed by atoms with Crippen LogP contribution in [0.25, 0.3) is 0 Å². The average Bonchev–Trinajstić information content (AvgIpc) is 2.25. The molecule has 1 fully saturated rings. The van der Waals surface area contributed by atoms with Crippen LogP contribution in [0.5, 0.6) is 0 Å². The number of nitrogens with two attached hydrogens (primary N) is 2. The number of likely N-dealkylation sites (N-methyl/N-ethyl adjacent to an activating group) is 1. The predicted molar refractivity (Wildman–Crippen MR) is 66.6 cm³/mol. The van der Waals surface area contributed by atoms with Gasteiger partial charge < -0.3 is 26.4 Å². The molecule has 0 aromatic carbocycles. The predicted octanol–water partition coefficient (Wildman–Crippen LogP) is -0.616. The van der Waals surface area contributed by atoms with Gasteiger partial charge in [-0.1, -0.05) is 0 Å². The summed E-state index contributed by atoms with van der Waals surface area (Å²) in [6, 6.07) is 1.66. The summed E-state index contributed by atoms with van der Waals surface area (Å²) >= 11 is 0. The van der Waals surface area contributed by atoms with E-state index < -0.39 is 0 Å². The van der Waals surface area contributed by atoms with Gasteiger partial charge in [0.15, 0.2) is 0 Å². The number of rotatable bonds is 3. The summed E-state index contributed by atoms with van der Waals surface area (Å²) in [5.41, 5.74) is 11.1. The van der Waals surface area contributed by atoms with Crippen LogP contribution >= 0.6 is 0 Å². The summed E-state index contributed by atoms with van der Waals surface area (Å²) in [6.07, 6.45) is 0.158. The van der Waals surface area contributed by atoms with Crippen LogP contribution in [0, 0.1) is 0 Å². The van der Waals surface area contributed by atoms with Crippen molar-refractivity contribution >= 4 is 17.6 Å². The van der Waals surface area contributed by atoms with Gasteiger partial charge in [-0.05, 0) is 7.05 Å². The van der Waals surface area contributed by atoms with Crippen molar-refractivity contribution < 1.29 is 4.74 Å². The number of hydrogen-bond donors (Lipinski definition) is 3. The first kappa shape index (κ1) is 11.9. The van der Waals surface area contributed by atoms with Crippen LogP contribution in [-0.2, 0) is 4.74 Å². The zero-order valence-corrected chi connectivity index (χ0v) is 9.89. The van der Waals surface area contributed by atoms with Crippen molar-refractivity contribution in [1.29, 1.82) is 0 Å². The first-order chi connectivity index (χ1) is 8.13. The molecule has 1 atom stereocenters. The Morgan fingerprint density at radius 1 is 1.53 bits per heavy atom. The Hall–Kier alpha value is -1.60. The van der Waals surface area contributed by atoms with Gasteiger partial charge in [0.1, 0.15) is 11.6 Å². The fourth-order valence-electron chi connectivity index (χ4n) is 1.78. The highest BCUT2D eigenvalue weighted by molar-refractivity contribution is 5.48. The number of nitrogen functional groups attached to an aromatic ring is 2. The second kappa shape index (κ2) is 5.15. The van der Waals surface area contributed by atoms with E-state index >= 15 is 0 Å². The standard InChI is InChI=1S/C10H18N6O/c1-16-2-3-17-7(6-16)5-13-9-4-8(11)14-10(12)15-9/h4,7H,2-3,5-6H2,1H3,(H5,11,12,13,14,15). The molecule has 0 saturated carbocycles. The van der Waals surface area contributed by atoms with Gasteiger partial charge in [-0.15, -0.1) is 0 Å². The lowest BCUT2D eigenvalue weighted by Crippen LogP contribution is -2.43. The molecule has 0 spiro atoms. The van der Waals surface area contributed by atoms with Gasteiger partial charge in [0, 0.05) is 25.7 Å². The normalized spacial score (nSPS) is 21.4. The molecule has 5 N–H and O–H groups in total. The van der Waals surface area contributed by atoms with Crippen LogP contribution in [0.4, 0.5) is 17.6 Å². The highest BCUT2D eigenvalue weighted by Gasteiger charge is 2.17. The maximum atomic E-state index is 5.62. The minimum Gasteiger partial charge on any atom is -0.383 e. The lowest BCUT2D eigenvalue weighted by Gasteiger charge is -2.30. The first-order valence-electron chi connectivity index (χ1n) is 5.57. The topological polar surface area (TPSA) is 102 Å². The summed E-state index contributed by atoms with van der Waals surface area (Å²) in [7, 11) is 2.08. The van der Waals surface area contributed by atoms with Gasteiger partial charge in [-0.2, -0.15) is 9.97 Å². The van der Waals surface area contributed by atoms with E-state index in [0.29, 0.717) is 18.2 Å². The monoisotopic (exact) mass is 238 g/mol. The summed E-state index contributed by atoms with van der Waals surface area (Å²) in [5.74, 6) is 1.17. The summed E-state index contributed by atoms with van der Waals surface area (Å²) in [4.78, 5) is 10.1. The van der Waals surface area contributed by atoms with E-state index in [2.05, 4.69) is 27.2 Å². The summed E-state index contributed by atoms with van der Waals surface area (Å²) in [5, 5.41) is 3.15. The minimum atomic E-state index is 0.158. The molecule has 17 heavy (non-hydrogen) atoms. The molecule has 2 heterocycles. The van der Waals surface area contributed by atoms with Gasteiger partial charge in [-0.3, -0.25) is 0 Å². The average molecular weight is 238 g/mol. The fourth-order valence-corrected chi connectivity index (χ4v) is 1.78. The SMILES string of the molecule is CN1CCOC(CNc2cc(N)nc(N)n2)C1. The van der Waals surface area contributed by atoms with Crippen molar-refractivity contribution in [1.82, 2.24) is 14.9 Å². The number of ether oxygens (including phenoxy) is 1. The Kier molecular flexibility index (Phi) is 3.60. The first-order valence-corrected chi connectivity index (χ1v) is 5.57. The molecule has 7 heteroatoms. The van der Waals surface area contributed by atoms with Crippen molar-refractivity contribution in [3.63, 3.8) is 0 Å². The fraction of sp³-hybridized carbons (Fsp3) is 0.600. The number of hydrogen-bond acceptors (Lipinski definition) is 7. The van der Waals surface area contributed by atoms with Crippen LogP contribution in [0.3, 0.4) is 0 Å². The van der Waals surface area contributed by atoms with Gasteiger partial charge >= 0.3 is 0 Å². The lowest BCUT2D eigenvalue weighted by molar-refractivity contribution is -0.0117. The van der Waals surface area contributed by atoms with Crippen molar-refractivity contribution in [2.45, 2.75) is 6.10 Å². The largest absolute Gasteiger partial charge is 0.383 e. The van der Waals surface area contributed by atoms with E-state index in [4.69, 9.17) is 16.2 Å². The minimum absolute atomic E-state index is 0.158. The van der Waals surface area contributed by atoms with Crippen LogP contribution in [0.15, 0.2) is 6.07 Å². The molecule has 1 aliphatic rings. The molecule has 0 radical (unpaired) electrons. The molecule has 1 unspecified atom stereocenters. The third kappa shape index (κ3) is 3.43. The zero-order valence-electron chi connectivity index (χ0n) is 9.89. The van der Waals surface area contributed by atoms with Crippen LogP contribution in [0.1, 0.15) is 0 Å². The highest BCUT2D eigenvalue weighted by Crippen LogP contribution is 2.10. The molecule has 7 nitrogen and oxygen atoms in total. The Balaban J connectivity index is 1.88. The van der Waals surface area contributed by atoms with Gasteiger partial charge in [0.25, 0.3) is 0 Å². The number of aromatic nitrogens is 2. The van der Waals surface area contributed by atoms with Gasteiger partial charge in [0.2, 0.25) is 5.95 Å². The van der Waals surface area contributed by atoms with E-state index in [1.165, 1.54) is 0 Å². The van der Waals surface area contributed by atoms with Crippen LogP contribution < -0.4 is 16.8 Å². The quantitative estimate of drug-likeness (QED) is 0.645. The number of nitrogens with zero attached hydrogens (tertiary/aromatic N) is 3. The molecule has 0 amide bonds. The molecular weight excluding hydrogens is 220 g/mol. The van der Waals surface area contributed by atoms with Crippen molar-refractivity contribution in [2.75, 3.05) is 50.1 Å². The molecule has 0 bridgehead atoms. The summed E-state index contributed by atoms with van der Waals surface area (Å²) < 4.78 is 5.62. The Morgan fingerprint density at radius 3 is 3.06 bits per heavy atom. The van der Waals surface area contributed by atoms with E-state index in [1.54, 1.807) is 6.07 Å². The molecule has 0 aliphatic carbocycles. The smallest absolute Gasteiger partial charge is 0.223 e. The molecule has 1 aromatic heterocycles. The number of morpholine rings is 1. The highest BCUT2D eigenvalue weighted by atomic mass is 16.5. The van der Waals surface area contributed by atoms with Crippen molar-refractivity contribution in [3.05, 3.63) is 6.07 Å². The maximum absolute atomic E-state index is 5.62. The second-order valence-corrected chi connectivity index (χ2v) is 4.17. The van der Waals surface area contributed by atoms with E-state index in [0.717, 1.165) is 19.7 Å². The molecule has 1 aliphatic heterocycles. The van der Waals surface area contributed by atoms with E-state index in [-0.39, 0.29) is 12.1 Å². The molecule has 1 aromatic rings. The van der Waals surface area contributed by atoms with Crippen molar-refractivity contribution in [2.24, 2.45) is 0 Å². The zero-order chi connectivity index (χ0) is 12.3. The second-order valence-electron chi connectivity index (χ2n) is 4.17. The van der Waals surface area contributed by atoms with E-state index in [1.807, 2.05) is 0 Å². The lowest BCUT2D eigenvalue weighted by atomic mass is 10.3. The Morgan fingerprint density at radius 2 is 2.35 bits per heavy atom. The number of anilines is 3. The third-order valence-electron chi connectivity index (χ3n) is 2.62. The summed E-state index contributed by atoms with van der Waals surface area (Å²) in [6.45, 7) is 3.32. The Labute approximate surface area is 100 Å².